The fourth-order valence-corrected chi connectivity index (χ4v) is 4.70. The highest BCUT2D eigenvalue weighted by molar-refractivity contribution is 6.00. The average molecular weight is 565 g/mol. The number of nitrogens with zero attached hydrogens (tertiary/aromatic N) is 3. The Kier molecular flexibility index (Phi) is 9.43. The van der Waals surface area contributed by atoms with Crippen molar-refractivity contribution in [3.05, 3.63) is 82.7 Å². The SMILES string of the molecule is Cc1cc(CNC(=O)c2cc(C(=O)N[C@H]3CCC4C=C(/C(N)=N/OC(=O)OCC(C)C)C=CC43)ncn2)ccc1F. The second-order valence-corrected chi connectivity index (χ2v) is 10.5. The van der Waals surface area contributed by atoms with Crippen molar-refractivity contribution in [3.8, 4) is 0 Å². The van der Waals surface area contributed by atoms with Gasteiger partial charge in [0, 0.05) is 30.1 Å². The van der Waals surface area contributed by atoms with Crippen LogP contribution in [0.3, 0.4) is 0 Å². The molecule has 2 aliphatic rings. The molecule has 1 saturated carbocycles. The molecule has 216 valence electrons. The van der Waals surface area contributed by atoms with Gasteiger partial charge < -0.3 is 21.1 Å². The number of aromatic nitrogens is 2. The Morgan fingerprint density at radius 3 is 2.63 bits per heavy atom. The van der Waals surface area contributed by atoms with Crippen molar-refractivity contribution in [3.63, 3.8) is 0 Å². The molecule has 2 aromatic rings. The zero-order valence-corrected chi connectivity index (χ0v) is 23.1. The number of carbonyl (C=O) groups is 3. The molecule has 1 aromatic heterocycles. The number of allylic oxidation sites excluding steroid dienone is 1. The van der Waals surface area contributed by atoms with Crippen molar-refractivity contribution >= 4 is 23.8 Å². The normalized spacial score (nSPS) is 19.8. The van der Waals surface area contributed by atoms with Crippen LogP contribution in [0, 0.1) is 30.5 Å². The van der Waals surface area contributed by atoms with Crippen LogP contribution in [0.5, 0.6) is 0 Å². The van der Waals surface area contributed by atoms with Crippen LogP contribution in [0.25, 0.3) is 0 Å². The third kappa shape index (κ3) is 7.74. The number of oxime groups is 1. The second kappa shape index (κ2) is 13.2. The quantitative estimate of drug-likeness (QED) is 0.137. The lowest BCUT2D eigenvalue weighted by atomic mass is 9.86. The van der Waals surface area contributed by atoms with Crippen molar-refractivity contribution in [2.75, 3.05) is 6.61 Å². The number of nitrogens with two attached hydrogens (primary N) is 1. The maximum atomic E-state index is 13.5. The van der Waals surface area contributed by atoms with E-state index >= 15 is 0 Å². The number of aryl methyl sites for hydroxylation is 1. The van der Waals surface area contributed by atoms with E-state index in [4.69, 9.17) is 15.3 Å². The van der Waals surface area contributed by atoms with Gasteiger partial charge in [0.1, 0.15) is 23.5 Å². The zero-order valence-electron chi connectivity index (χ0n) is 23.1. The summed E-state index contributed by atoms with van der Waals surface area (Å²) in [6.07, 6.45) is 7.46. The molecular formula is C29H33FN6O5. The molecule has 0 spiro atoms. The maximum absolute atomic E-state index is 13.5. The Morgan fingerprint density at radius 1 is 1.15 bits per heavy atom. The van der Waals surface area contributed by atoms with Crippen LogP contribution in [0.15, 0.2) is 59.5 Å². The summed E-state index contributed by atoms with van der Waals surface area (Å²) in [6, 6.07) is 5.77. The number of amidine groups is 1. The fraction of sp³-hybridized carbons (Fsp3) is 0.379. The Labute approximate surface area is 237 Å². The Balaban J connectivity index is 1.31. The van der Waals surface area contributed by atoms with Gasteiger partial charge >= 0.3 is 6.16 Å². The lowest BCUT2D eigenvalue weighted by Crippen LogP contribution is -2.39. The van der Waals surface area contributed by atoms with Gasteiger partial charge in [-0.15, -0.1) is 0 Å². The van der Waals surface area contributed by atoms with Crippen LogP contribution in [-0.2, 0) is 16.1 Å². The van der Waals surface area contributed by atoms with Crippen molar-refractivity contribution in [2.45, 2.75) is 46.2 Å². The Hall–Kier alpha value is -4.61. The van der Waals surface area contributed by atoms with Gasteiger partial charge in [-0.1, -0.05) is 49.4 Å². The van der Waals surface area contributed by atoms with E-state index in [0.29, 0.717) is 11.1 Å². The smallest absolute Gasteiger partial charge is 0.432 e. The molecule has 1 fully saturated rings. The van der Waals surface area contributed by atoms with Gasteiger partial charge in [-0.05, 0) is 48.8 Å². The summed E-state index contributed by atoms with van der Waals surface area (Å²) in [7, 11) is 0. The van der Waals surface area contributed by atoms with Crippen molar-refractivity contribution < 1.29 is 28.3 Å². The first-order valence-corrected chi connectivity index (χ1v) is 13.3. The number of benzene rings is 1. The van der Waals surface area contributed by atoms with Gasteiger partial charge in [-0.2, -0.15) is 0 Å². The minimum Gasteiger partial charge on any atom is -0.432 e. The first kappa shape index (κ1) is 29.4. The standard InChI is InChI=1S/C29H33FN6O5/c1-16(2)14-40-29(39)41-36-26(31)20-5-7-21-19(11-20)6-9-23(21)35-28(38)25-12-24(33-15-34-25)27(37)32-13-18-4-8-22(30)17(3)10-18/h4-5,7-8,10-12,15-16,19,21,23H,6,9,13-14H2,1-3H3,(H2,31,36)(H,32,37)(H,35,38)/t19?,21?,23-/m0/s1. The van der Waals surface area contributed by atoms with E-state index in [0.717, 1.165) is 18.4 Å². The summed E-state index contributed by atoms with van der Waals surface area (Å²) in [5, 5.41) is 9.41. The van der Waals surface area contributed by atoms with Crippen molar-refractivity contribution in [1.29, 1.82) is 0 Å². The highest BCUT2D eigenvalue weighted by Gasteiger charge is 2.36. The van der Waals surface area contributed by atoms with Gasteiger partial charge in [-0.3, -0.25) is 14.4 Å². The molecule has 3 atom stereocenters. The van der Waals surface area contributed by atoms with Crippen molar-refractivity contribution in [1.82, 2.24) is 20.6 Å². The molecule has 4 N–H and O–H groups in total. The van der Waals surface area contributed by atoms with Crippen LogP contribution < -0.4 is 16.4 Å². The number of hydrogen-bond donors (Lipinski definition) is 3. The second-order valence-electron chi connectivity index (χ2n) is 10.5. The number of carbonyl (C=O) groups excluding carboxylic acids is 3. The molecule has 2 aliphatic carbocycles. The third-order valence-electron chi connectivity index (χ3n) is 6.83. The van der Waals surface area contributed by atoms with Crippen molar-refractivity contribution in [2.24, 2.45) is 28.6 Å². The number of nitrogens with one attached hydrogen (secondary N) is 2. The van der Waals surface area contributed by atoms with E-state index < -0.39 is 18.0 Å². The van der Waals surface area contributed by atoms with Crippen LogP contribution in [0.4, 0.5) is 9.18 Å². The van der Waals surface area contributed by atoms with Gasteiger partial charge in [0.25, 0.3) is 11.8 Å². The monoisotopic (exact) mass is 564 g/mol. The number of amides is 2. The van der Waals surface area contributed by atoms with E-state index in [1.807, 2.05) is 26.0 Å². The molecular weight excluding hydrogens is 531 g/mol. The van der Waals surface area contributed by atoms with E-state index in [1.165, 1.54) is 18.5 Å². The zero-order chi connectivity index (χ0) is 29.5. The minimum absolute atomic E-state index is 0.0243. The molecule has 41 heavy (non-hydrogen) atoms. The number of fused-ring (bicyclic) bond motifs is 1. The lowest BCUT2D eigenvalue weighted by molar-refractivity contribution is 0.0494. The number of halogens is 1. The molecule has 12 heteroatoms. The summed E-state index contributed by atoms with van der Waals surface area (Å²) in [6.45, 7) is 5.85. The van der Waals surface area contributed by atoms with Gasteiger partial charge in [0.2, 0.25) is 0 Å². The van der Waals surface area contributed by atoms with E-state index in [2.05, 4.69) is 25.8 Å². The first-order chi connectivity index (χ1) is 19.6. The largest absolute Gasteiger partial charge is 0.535 e. The molecule has 11 nitrogen and oxygen atoms in total. The maximum Gasteiger partial charge on any atom is 0.535 e. The van der Waals surface area contributed by atoms with Gasteiger partial charge in [-0.25, -0.2) is 19.2 Å². The summed E-state index contributed by atoms with van der Waals surface area (Å²) in [4.78, 5) is 50.0. The first-order valence-electron chi connectivity index (χ1n) is 13.3. The molecule has 1 aromatic carbocycles. The summed E-state index contributed by atoms with van der Waals surface area (Å²) < 4.78 is 18.4. The lowest BCUT2D eigenvalue weighted by Gasteiger charge is -2.24. The molecule has 0 aliphatic heterocycles. The summed E-state index contributed by atoms with van der Waals surface area (Å²) >= 11 is 0. The molecule has 0 radical (unpaired) electrons. The summed E-state index contributed by atoms with van der Waals surface area (Å²) in [5.74, 6) is -0.869. The molecule has 0 bridgehead atoms. The van der Waals surface area contributed by atoms with Crippen LogP contribution in [0.1, 0.15) is 58.8 Å². The molecule has 2 amide bonds. The topological polar surface area (TPSA) is 158 Å². The van der Waals surface area contributed by atoms with Gasteiger partial charge in [0.05, 0.1) is 6.61 Å². The fourth-order valence-electron chi connectivity index (χ4n) is 4.70. The predicted octanol–water partition coefficient (Wildman–Crippen LogP) is 3.56. The minimum atomic E-state index is -0.920. The van der Waals surface area contributed by atoms with Gasteiger partial charge in [0.15, 0.2) is 5.84 Å². The predicted molar refractivity (Wildman–Crippen MR) is 148 cm³/mol. The average Bonchev–Trinajstić information content (AvgIpc) is 3.36. The van der Waals surface area contributed by atoms with Crippen LogP contribution >= 0.6 is 0 Å². The van der Waals surface area contributed by atoms with E-state index in [-0.39, 0.29) is 60.0 Å². The molecule has 1 heterocycles. The Morgan fingerprint density at radius 2 is 1.90 bits per heavy atom. The van der Waals surface area contributed by atoms with E-state index in [1.54, 1.807) is 25.1 Å². The molecule has 4 rings (SSSR count). The number of ether oxygens (including phenoxy) is 1. The molecule has 2 unspecified atom stereocenters. The molecule has 0 saturated heterocycles. The highest BCUT2D eigenvalue weighted by atomic mass is 19.1. The summed E-state index contributed by atoms with van der Waals surface area (Å²) in [5.41, 5.74) is 7.96. The number of rotatable bonds is 9. The Bertz CT molecular complexity index is 1410. The van der Waals surface area contributed by atoms with Crippen LogP contribution in [0.2, 0.25) is 0 Å². The highest BCUT2D eigenvalue weighted by Crippen LogP contribution is 2.38. The third-order valence-corrected chi connectivity index (χ3v) is 6.83. The van der Waals surface area contributed by atoms with E-state index in [9.17, 15) is 18.8 Å². The number of hydrogen-bond acceptors (Lipinski definition) is 8. The van der Waals surface area contributed by atoms with Crippen LogP contribution in [-0.4, -0.2) is 46.4 Å².